The van der Waals surface area contributed by atoms with Gasteiger partial charge in [0.15, 0.2) is 8.32 Å². The Morgan fingerprint density at radius 2 is 1.00 bits per heavy atom. The molecule has 0 spiro atoms. The smallest absolute Gasteiger partial charge is 0.313 e. The van der Waals surface area contributed by atoms with Crippen LogP contribution in [0.25, 0.3) is 0 Å². The normalized spacial score (nSPS) is 13.6. The number of hydrogen-bond acceptors (Lipinski definition) is 3. The van der Waals surface area contributed by atoms with Crippen LogP contribution >= 0.6 is 0 Å². The van der Waals surface area contributed by atoms with Crippen LogP contribution < -0.4 is 0 Å². The quantitative estimate of drug-likeness (QED) is 0.439. The van der Waals surface area contributed by atoms with Crippen LogP contribution in [0.1, 0.15) is 0 Å². The summed E-state index contributed by atoms with van der Waals surface area (Å²) in [4.78, 5) is 0. The van der Waals surface area contributed by atoms with E-state index in [1.165, 1.54) is 0 Å². The zero-order valence-electron chi connectivity index (χ0n) is 14.1. The molecule has 0 atom stereocenters. The third-order valence-corrected chi connectivity index (χ3v) is 16.0. The molecule has 0 saturated heterocycles. The van der Waals surface area contributed by atoms with E-state index in [4.69, 9.17) is 12.3 Å². The van der Waals surface area contributed by atoms with Gasteiger partial charge < -0.3 is 12.3 Å². The standard InChI is InChI=1S/C12H30O3Si4.Pt/c1-11-19(10,12-2)15-18(8,9)14-17(6,7)13-16(3,4)5;/h11-12H,1-2H2,3-10H3;. The molecule has 20 heavy (non-hydrogen) atoms. The molecule has 0 fully saturated rings. The monoisotopic (exact) mass is 529 g/mol. The summed E-state index contributed by atoms with van der Waals surface area (Å²) in [5.74, 6) is 0. The Kier molecular flexibility index (Phi) is 9.23. The Labute approximate surface area is 143 Å². The van der Waals surface area contributed by atoms with Crippen LogP contribution in [0.5, 0.6) is 0 Å². The van der Waals surface area contributed by atoms with E-state index in [1.807, 2.05) is 11.4 Å². The fraction of sp³-hybridized carbons (Fsp3) is 0.667. The number of rotatable bonds is 8. The van der Waals surface area contributed by atoms with Crippen LogP contribution in [0, 0.1) is 0 Å². The zero-order chi connectivity index (χ0) is 15.5. The average molecular weight is 530 g/mol. The van der Waals surface area contributed by atoms with Crippen molar-refractivity contribution in [3.05, 3.63) is 24.6 Å². The molecule has 0 aliphatic heterocycles. The molecule has 0 radical (unpaired) electrons. The van der Waals surface area contributed by atoms with E-state index in [1.54, 1.807) is 0 Å². The first kappa shape index (κ1) is 23.2. The minimum atomic E-state index is -2.24. The van der Waals surface area contributed by atoms with E-state index >= 15 is 0 Å². The van der Waals surface area contributed by atoms with E-state index in [0.29, 0.717) is 0 Å². The molecule has 0 bridgehead atoms. The molecule has 3 nitrogen and oxygen atoms in total. The molecule has 0 N–H and O–H groups in total. The van der Waals surface area contributed by atoms with Crippen LogP contribution in [0.4, 0.5) is 0 Å². The van der Waals surface area contributed by atoms with Gasteiger partial charge in [0.2, 0.25) is 8.32 Å². The maximum Gasteiger partial charge on any atom is 0.313 e. The van der Waals surface area contributed by atoms with Gasteiger partial charge in [-0.15, -0.1) is 13.2 Å². The molecular weight excluding hydrogens is 500 g/mol. The van der Waals surface area contributed by atoms with Gasteiger partial charge >= 0.3 is 17.1 Å². The predicted octanol–water partition coefficient (Wildman–Crippen LogP) is 4.30. The minimum Gasteiger partial charge on any atom is -0.437 e. The average Bonchev–Trinajstić information content (AvgIpc) is 2.10. The Hall–Kier alpha value is 0.916. The molecule has 0 aromatic heterocycles. The fourth-order valence-corrected chi connectivity index (χ4v) is 18.9. The molecular formula is C12H30O3PtSi4. The van der Waals surface area contributed by atoms with Crippen LogP contribution in [0.2, 0.25) is 52.4 Å². The van der Waals surface area contributed by atoms with Gasteiger partial charge in [0.1, 0.15) is 0 Å². The Bertz CT molecular complexity index is 332. The summed E-state index contributed by atoms with van der Waals surface area (Å²) in [6.07, 6.45) is 0. The summed E-state index contributed by atoms with van der Waals surface area (Å²) in [7, 11) is -8.03. The van der Waals surface area contributed by atoms with Gasteiger partial charge in [0.05, 0.1) is 0 Å². The van der Waals surface area contributed by atoms with Gasteiger partial charge in [0, 0.05) is 21.1 Å². The summed E-state index contributed by atoms with van der Waals surface area (Å²) in [6, 6.07) is 0. The van der Waals surface area contributed by atoms with Gasteiger partial charge in [-0.25, -0.2) is 0 Å². The van der Waals surface area contributed by atoms with Crippen LogP contribution in [-0.4, -0.2) is 33.8 Å². The van der Waals surface area contributed by atoms with Crippen LogP contribution in [-0.2, 0) is 33.4 Å². The molecule has 0 aliphatic carbocycles. The van der Waals surface area contributed by atoms with Crippen molar-refractivity contribution in [2.75, 3.05) is 0 Å². The van der Waals surface area contributed by atoms with Crippen LogP contribution in [0.3, 0.4) is 0 Å². The summed E-state index contributed by atoms with van der Waals surface area (Å²) in [5.41, 5.74) is 3.79. The van der Waals surface area contributed by atoms with Crippen molar-refractivity contribution in [3.8, 4) is 0 Å². The number of hydrogen-bond donors (Lipinski definition) is 0. The molecule has 0 heterocycles. The van der Waals surface area contributed by atoms with Crippen molar-refractivity contribution in [3.63, 3.8) is 0 Å². The Balaban J connectivity index is 0. The molecule has 0 aromatic carbocycles. The van der Waals surface area contributed by atoms with E-state index in [-0.39, 0.29) is 21.1 Å². The summed E-state index contributed by atoms with van der Waals surface area (Å²) < 4.78 is 18.8. The van der Waals surface area contributed by atoms with E-state index in [2.05, 4.69) is 65.5 Å². The molecule has 0 unspecified atom stereocenters. The van der Waals surface area contributed by atoms with Crippen molar-refractivity contribution < 1.29 is 33.4 Å². The molecule has 0 rings (SSSR count). The van der Waals surface area contributed by atoms with Gasteiger partial charge in [-0.05, 0) is 52.4 Å². The van der Waals surface area contributed by atoms with Gasteiger partial charge in [0.25, 0.3) is 0 Å². The second-order valence-electron chi connectivity index (χ2n) is 6.81. The van der Waals surface area contributed by atoms with Crippen molar-refractivity contribution in [1.82, 2.24) is 0 Å². The predicted molar refractivity (Wildman–Crippen MR) is 93.6 cm³/mol. The zero-order valence-corrected chi connectivity index (χ0v) is 20.4. The first-order valence-corrected chi connectivity index (χ1v) is 18.2. The maximum absolute atomic E-state index is 6.31. The SMILES string of the molecule is C=C[Si](C)(C=C)O[Si](C)(C)O[Si](C)(C)O[Si](C)(C)C.[Pt]. The van der Waals surface area contributed by atoms with Gasteiger partial charge in [-0.3, -0.25) is 0 Å². The van der Waals surface area contributed by atoms with Crippen molar-refractivity contribution in [1.29, 1.82) is 0 Å². The van der Waals surface area contributed by atoms with E-state index in [0.717, 1.165) is 0 Å². The largest absolute Gasteiger partial charge is 0.437 e. The molecule has 0 saturated carbocycles. The second kappa shape index (κ2) is 7.96. The van der Waals surface area contributed by atoms with Crippen molar-refractivity contribution >= 4 is 33.8 Å². The molecule has 0 aromatic rings. The molecule has 122 valence electrons. The van der Waals surface area contributed by atoms with Gasteiger partial charge in [-0.2, -0.15) is 0 Å². The summed E-state index contributed by atoms with van der Waals surface area (Å²) in [6.45, 7) is 24.7. The fourth-order valence-electron chi connectivity index (χ4n) is 2.07. The van der Waals surface area contributed by atoms with E-state index in [9.17, 15) is 0 Å². The molecule has 0 aliphatic rings. The summed E-state index contributed by atoms with van der Waals surface area (Å²) in [5, 5.41) is 0. The molecule has 8 heteroatoms. The third-order valence-electron chi connectivity index (χ3n) is 2.32. The van der Waals surface area contributed by atoms with Gasteiger partial charge in [-0.1, -0.05) is 11.4 Å². The third kappa shape index (κ3) is 9.78. The van der Waals surface area contributed by atoms with Crippen LogP contribution in [0.15, 0.2) is 24.6 Å². The Morgan fingerprint density at radius 1 is 0.650 bits per heavy atom. The minimum absolute atomic E-state index is 0. The van der Waals surface area contributed by atoms with Crippen molar-refractivity contribution in [2.24, 2.45) is 0 Å². The first-order chi connectivity index (χ1) is 8.24. The summed E-state index contributed by atoms with van der Waals surface area (Å²) >= 11 is 0. The van der Waals surface area contributed by atoms with E-state index < -0.39 is 33.8 Å². The molecule has 0 amide bonds. The first-order valence-electron chi connectivity index (χ1n) is 6.62. The van der Waals surface area contributed by atoms with Crippen molar-refractivity contribution in [2.45, 2.75) is 52.4 Å². The maximum atomic E-state index is 6.31. The second-order valence-corrected chi connectivity index (χ2v) is 22.3. The Morgan fingerprint density at radius 3 is 1.30 bits per heavy atom. The topological polar surface area (TPSA) is 27.7 Å².